The molecular formula is C17H19NO2. The molecule has 2 rings (SSSR count). The lowest BCUT2D eigenvalue weighted by molar-refractivity contribution is -0.109. The Balaban J connectivity index is 2.25. The summed E-state index contributed by atoms with van der Waals surface area (Å²) in [6, 6.07) is 12.9. The van der Waals surface area contributed by atoms with Crippen molar-refractivity contribution in [3.63, 3.8) is 0 Å². The van der Waals surface area contributed by atoms with Gasteiger partial charge in [0.2, 0.25) is 0 Å². The first-order valence-corrected chi connectivity index (χ1v) is 6.85. The predicted octanol–water partition coefficient (Wildman–Crippen LogP) is 3.18. The van der Waals surface area contributed by atoms with Crippen LogP contribution in [-0.4, -0.2) is 18.2 Å². The third-order valence-electron chi connectivity index (χ3n) is 3.24. The number of aldehydes is 1. The van der Waals surface area contributed by atoms with Crippen LogP contribution in [0.1, 0.15) is 30.6 Å². The van der Waals surface area contributed by atoms with Crippen molar-refractivity contribution >= 4 is 23.0 Å². The summed E-state index contributed by atoms with van der Waals surface area (Å²) in [7, 11) is 0. The van der Waals surface area contributed by atoms with E-state index >= 15 is 0 Å². The maximum Gasteiger partial charge on any atom is 0.252 e. The van der Waals surface area contributed by atoms with E-state index in [0.29, 0.717) is 17.9 Å². The first-order valence-electron chi connectivity index (χ1n) is 6.85. The fourth-order valence-electron chi connectivity index (χ4n) is 2.33. The standard InChI is InChI=1S/C17H19NO2/c1-12(2)10-14(11-19)18-17(20)16-9-5-7-13-6-3-4-8-15(13)16/h3-9,11-12,14H,10H2,1-2H3,(H,18,20)/t14-/m0/s1. The maximum atomic E-state index is 12.3. The summed E-state index contributed by atoms with van der Waals surface area (Å²) in [5.74, 6) is 0.164. The molecule has 0 saturated carbocycles. The molecule has 0 saturated heterocycles. The Labute approximate surface area is 119 Å². The summed E-state index contributed by atoms with van der Waals surface area (Å²) in [5.41, 5.74) is 0.610. The quantitative estimate of drug-likeness (QED) is 0.847. The van der Waals surface area contributed by atoms with Gasteiger partial charge >= 0.3 is 0 Å². The van der Waals surface area contributed by atoms with Gasteiger partial charge in [0.25, 0.3) is 5.91 Å². The Morgan fingerprint density at radius 3 is 2.55 bits per heavy atom. The van der Waals surface area contributed by atoms with E-state index in [1.165, 1.54) is 0 Å². The molecule has 3 heteroatoms. The lowest BCUT2D eigenvalue weighted by atomic mass is 10.0. The smallest absolute Gasteiger partial charge is 0.252 e. The van der Waals surface area contributed by atoms with Gasteiger partial charge in [-0.3, -0.25) is 4.79 Å². The van der Waals surface area contributed by atoms with Crippen LogP contribution in [0.3, 0.4) is 0 Å². The Bertz CT molecular complexity index is 614. The van der Waals surface area contributed by atoms with Crippen molar-refractivity contribution < 1.29 is 9.59 Å². The number of fused-ring (bicyclic) bond motifs is 1. The molecule has 1 atom stereocenters. The summed E-state index contributed by atoms with van der Waals surface area (Å²) >= 11 is 0. The van der Waals surface area contributed by atoms with E-state index in [0.717, 1.165) is 17.1 Å². The van der Waals surface area contributed by atoms with Crippen molar-refractivity contribution in [2.24, 2.45) is 5.92 Å². The van der Waals surface area contributed by atoms with Gasteiger partial charge in [-0.1, -0.05) is 50.2 Å². The minimum atomic E-state index is -0.429. The Morgan fingerprint density at radius 2 is 1.85 bits per heavy atom. The van der Waals surface area contributed by atoms with Crippen molar-refractivity contribution in [1.82, 2.24) is 5.32 Å². The summed E-state index contributed by atoms with van der Waals surface area (Å²) in [4.78, 5) is 23.4. The van der Waals surface area contributed by atoms with Gasteiger partial charge in [0.05, 0.1) is 6.04 Å². The zero-order chi connectivity index (χ0) is 14.5. The van der Waals surface area contributed by atoms with Crippen LogP contribution in [0, 0.1) is 5.92 Å². The number of carbonyl (C=O) groups is 2. The summed E-state index contributed by atoms with van der Waals surface area (Å²) in [6.45, 7) is 4.06. The van der Waals surface area contributed by atoms with Crippen molar-refractivity contribution in [2.45, 2.75) is 26.3 Å². The second-order valence-corrected chi connectivity index (χ2v) is 5.37. The Kier molecular flexibility index (Phi) is 4.51. The van der Waals surface area contributed by atoms with Crippen LogP contribution in [0.25, 0.3) is 10.8 Å². The fraction of sp³-hybridized carbons (Fsp3) is 0.294. The number of nitrogens with one attached hydrogen (secondary N) is 1. The van der Waals surface area contributed by atoms with E-state index in [-0.39, 0.29) is 5.91 Å². The second kappa shape index (κ2) is 6.33. The van der Waals surface area contributed by atoms with Crippen LogP contribution in [-0.2, 0) is 4.79 Å². The lowest BCUT2D eigenvalue weighted by Gasteiger charge is -2.15. The van der Waals surface area contributed by atoms with Crippen LogP contribution >= 0.6 is 0 Å². The molecule has 0 heterocycles. The number of rotatable bonds is 5. The third kappa shape index (κ3) is 3.23. The summed E-state index contributed by atoms with van der Waals surface area (Å²) in [5, 5.41) is 4.72. The van der Waals surface area contributed by atoms with Crippen molar-refractivity contribution in [2.75, 3.05) is 0 Å². The van der Waals surface area contributed by atoms with E-state index in [1.54, 1.807) is 6.07 Å². The van der Waals surface area contributed by atoms with Crippen molar-refractivity contribution in [3.8, 4) is 0 Å². The lowest BCUT2D eigenvalue weighted by Crippen LogP contribution is -2.37. The largest absolute Gasteiger partial charge is 0.343 e. The van der Waals surface area contributed by atoms with Gasteiger partial charge < -0.3 is 10.1 Å². The number of hydrogen-bond acceptors (Lipinski definition) is 2. The molecule has 0 unspecified atom stereocenters. The monoisotopic (exact) mass is 269 g/mol. The molecule has 0 spiro atoms. The highest BCUT2D eigenvalue weighted by Crippen LogP contribution is 2.18. The molecule has 2 aromatic rings. The van der Waals surface area contributed by atoms with Gasteiger partial charge in [0, 0.05) is 5.56 Å². The zero-order valence-corrected chi connectivity index (χ0v) is 11.8. The first-order chi connectivity index (χ1) is 9.61. The highest BCUT2D eigenvalue weighted by atomic mass is 16.2. The van der Waals surface area contributed by atoms with Crippen LogP contribution in [0.5, 0.6) is 0 Å². The van der Waals surface area contributed by atoms with Crippen LogP contribution in [0.15, 0.2) is 42.5 Å². The molecule has 0 aliphatic carbocycles. The van der Waals surface area contributed by atoms with Gasteiger partial charge in [-0.25, -0.2) is 0 Å². The molecule has 1 amide bonds. The molecule has 0 fully saturated rings. The molecular weight excluding hydrogens is 250 g/mol. The van der Waals surface area contributed by atoms with Crippen LogP contribution < -0.4 is 5.32 Å². The molecule has 0 aliphatic rings. The Hall–Kier alpha value is -2.16. The van der Waals surface area contributed by atoms with Crippen molar-refractivity contribution in [3.05, 3.63) is 48.0 Å². The molecule has 0 radical (unpaired) electrons. The average molecular weight is 269 g/mol. The van der Waals surface area contributed by atoms with E-state index in [1.807, 2.05) is 50.2 Å². The fourth-order valence-corrected chi connectivity index (χ4v) is 2.33. The molecule has 1 N–H and O–H groups in total. The molecule has 2 aromatic carbocycles. The van der Waals surface area contributed by atoms with Crippen molar-refractivity contribution in [1.29, 1.82) is 0 Å². The molecule has 3 nitrogen and oxygen atoms in total. The predicted molar refractivity (Wildman–Crippen MR) is 80.7 cm³/mol. The summed E-state index contributed by atoms with van der Waals surface area (Å²) < 4.78 is 0. The second-order valence-electron chi connectivity index (χ2n) is 5.37. The van der Waals surface area contributed by atoms with Gasteiger partial charge in [0.1, 0.15) is 6.29 Å². The molecule has 20 heavy (non-hydrogen) atoms. The Morgan fingerprint density at radius 1 is 1.15 bits per heavy atom. The van der Waals surface area contributed by atoms with Gasteiger partial charge in [-0.2, -0.15) is 0 Å². The number of carbonyl (C=O) groups excluding carboxylic acids is 2. The molecule has 0 aliphatic heterocycles. The highest BCUT2D eigenvalue weighted by molar-refractivity contribution is 6.07. The average Bonchev–Trinajstić information content (AvgIpc) is 2.45. The van der Waals surface area contributed by atoms with E-state index in [9.17, 15) is 9.59 Å². The molecule has 104 valence electrons. The molecule has 0 bridgehead atoms. The highest BCUT2D eigenvalue weighted by Gasteiger charge is 2.15. The van der Waals surface area contributed by atoms with E-state index < -0.39 is 6.04 Å². The minimum absolute atomic E-state index is 0.195. The van der Waals surface area contributed by atoms with Crippen LogP contribution in [0.4, 0.5) is 0 Å². The van der Waals surface area contributed by atoms with Crippen LogP contribution in [0.2, 0.25) is 0 Å². The number of benzene rings is 2. The van der Waals surface area contributed by atoms with E-state index in [2.05, 4.69) is 5.32 Å². The van der Waals surface area contributed by atoms with Gasteiger partial charge in [0.15, 0.2) is 0 Å². The topological polar surface area (TPSA) is 46.2 Å². The number of hydrogen-bond donors (Lipinski definition) is 1. The van der Waals surface area contributed by atoms with E-state index in [4.69, 9.17) is 0 Å². The summed E-state index contributed by atoms with van der Waals surface area (Å²) in [6.07, 6.45) is 1.46. The molecule has 0 aromatic heterocycles. The number of amides is 1. The van der Waals surface area contributed by atoms with Gasteiger partial charge in [-0.05, 0) is 29.2 Å². The normalized spacial score (nSPS) is 12.3. The first kappa shape index (κ1) is 14.3. The zero-order valence-electron chi connectivity index (χ0n) is 11.8. The maximum absolute atomic E-state index is 12.3. The third-order valence-corrected chi connectivity index (χ3v) is 3.24. The SMILES string of the molecule is CC(C)C[C@@H](C=O)NC(=O)c1cccc2ccccc12. The van der Waals surface area contributed by atoms with Gasteiger partial charge in [-0.15, -0.1) is 0 Å². The minimum Gasteiger partial charge on any atom is -0.343 e.